The van der Waals surface area contributed by atoms with Crippen LogP contribution in [0.5, 0.6) is 0 Å². The van der Waals surface area contributed by atoms with Gasteiger partial charge in [0, 0.05) is 19.5 Å². The van der Waals surface area contributed by atoms with Crippen LogP contribution >= 0.6 is 7.60 Å². The predicted octanol–water partition coefficient (Wildman–Crippen LogP) is -0.256. The van der Waals surface area contributed by atoms with Crippen LogP contribution in [-0.2, 0) is 9.36 Å². The smallest absolute Gasteiger partial charge is 0.344 e. The van der Waals surface area contributed by atoms with E-state index in [2.05, 4.69) is 10.3 Å². The molecule has 0 fully saturated rings. The van der Waals surface area contributed by atoms with E-state index in [1.165, 1.54) is 12.4 Å². The van der Waals surface area contributed by atoms with Crippen LogP contribution in [0.4, 0.5) is 0 Å². The molecule has 0 aromatic carbocycles. The lowest BCUT2D eigenvalue weighted by molar-refractivity contribution is -0.163. The third kappa shape index (κ3) is 4.51. The summed E-state index contributed by atoms with van der Waals surface area (Å²) in [6.07, 6.45) is 2.45. The highest BCUT2D eigenvalue weighted by Gasteiger charge is 2.31. The second-order valence-electron chi connectivity index (χ2n) is 3.38. The van der Waals surface area contributed by atoms with Crippen molar-refractivity contribution in [2.45, 2.75) is 19.1 Å². The molecule has 104 valence electrons. The zero-order valence-corrected chi connectivity index (χ0v) is 10.6. The average molecular weight is 281 g/mol. The highest BCUT2D eigenvalue weighted by Crippen LogP contribution is 2.50. The standard InChI is InChI=1S/C7H13N4O5P.H3N/c1-6(12)11(13)4-2-7(17(14,15)16)10-5-3-8-9-10;/h3,5,7,13H,2,4H2,1H3,(H2,14,15,16);1H3. The van der Waals surface area contributed by atoms with Crippen molar-refractivity contribution in [2.75, 3.05) is 6.54 Å². The lowest BCUT2D eigenvalue weighted by atomic mass is 10.4. The van der Waals surface area contributed by atoms with E-state index in [-0.39, 0.29) is 19.1 Å². The van der Waals surface area contributed by atoms with Crippen molar-refractivity contribution < 1.29 is 24.4 Å². The van der Waals surface area contributed by atoms with Crippen LogP contribution < -0.4 is 6.15 Å². The number of nitrogens with zero attached hydrogens (tertiary/aromatic N) is 4. The summed E-state index contributed by atoms with van der Waals surface area (Å²) in [5, 5.41) is 16.5. The number of rotatable bonds is 5. The Morgan fingerprint density at radius 3 is 2.56 bits per heavy atom. The van der Waals surface area contributed by atoms with Crippen molar-refractivity contribution in [1.82, 2.24) is 26.2 Å². The number of hydrogen-bond acceptors (Lipinski definition) is 6. The van der Waals surface area contributed by atoms with E-state index < -0.39 is 19.3 Å². The van der Waals surface area contributed by atoms with Crippen LogP contribution in [0.15, 0.2) is 12.4 Å². The molecule has 1 unspecified atom stereocenters. The Morgan fingerprint density at radius 1 is 1.56 bits per heavy atom. The second kappa shape index (κ2) is 6.57. The Morgan fingerprint density at radius 2 is 2.17 bits per heavy atom. The molecular weight excluding hydrogens is 265 g/mol. The molecular formula is C7H16N5O5P. The quantitative estimate of drug-likeness (QED) is 0.325. The van der Waals surface area contributed by atoms with Crippen LogP contribution in [0.25, 0.3) is 0 Å². The first-order chi connectivity index (χ1) is 7.82. The summed E-state index contributed by atoms with van der Waals surface area (Å²) in [7, 11) is -4.44. The third-order valence-corrected chi connectivity index (χ3v) is 3.37. The molecule has 1 rings (SSSR count). The molecule has 1 atom stereocenters. The molecule has 0 spiro atoms. The summed E-state index contributed by atoms with van der Waals surface area (Å²) in [6, 6.07) is 0. The molecule has 1 aromatic rings. The lowest BCUT2D eigenvalue weighted by Gasteiger charge is -2.20. The number of hydroxylamine groups is 2. The molecule has 6 N–H and O–H groups in total. The maximum Gasteiger partial charge on any atom is 0.350 e. The van der Waals surface area contributed by atoms with Gasteiger partial charge in [-0.15, -0.1) is 5.10 Å². The van der Waals surface area contributed by atoms with Crippen molar-refractivity contribution in [1.29, 1.82) is 0 Å². The zero-order chi connectivity index (χ0) is 13.1. The number of amides is 1. The summed E-state index contributed by atoms with van der Waals surface area (Å²) in [5.41, 5.74) is 0. The van der Waals surface area contributed by atoms with Crippen molar-refractivity contribution in [3.05, 3.63) is 12.4 Å². The van der Waals surface area contributed by atoms with Crippen LogP contribution in [0.3, 0.4) is 0 Å². The van der Waals surface area contributed by atoms with Gasteiger partial charge >= 0.3 is 7.60 Å². The Labute approximate surface area is 103 Å². The minimum atomic E-state index is -4.44. The van der Waals surface area contributed by atoms with Crippen LogP contribution in [0, 0.1) is 0 Å². The summed E-state index contributed by atoms with van der Waals surface area (Å²) >= 11 is 0. The fraction of sp³-hybridized carbons (Fsp3) is 0.571. The molecule has 10 nitrogen and oxygen atoms in total. The van der Waals surface area contributed by atoms with Crippen LogP contribution in [0.2, 0.25) is 0 Å². The van der Waals surface area contributed by atoms with Gasteiger partial charge in [0.25, 0.3) is 0 Å². The van der Waals surface area contributed by atoms with Crippen molar-refractivity contribution in [3.63, 3.8) is 0 Å². The molecule has 1 amide bonds. The van der Waals surface area contributed by atoms with Gasteiger partial charge in [-0.05, 0) is 0 Å². The molecule has 0 bridgehead atoms. The van der Waals surface area contributed by atoms with Gasteiger partial charge in [-0.2, -0.15) is 0 Å². The van der Waals surface area contributed by atoms with Gasteiger partial charge in [0.05, 0.1) is 12.7 Å². The largest absolute Gasteiger partial charge is 0.350 e. The van der Waals surface area contributed by atoms with Gasteiger partial charge in [0.1, 0.15) is 0 Å². The maximum absolute atomic E-state index is 11.2. The van der Waals surface area contributed by atoms with Gasteiger partial charge in [-0.3, -0.25) is 14.6 Å². The van der Waals surface area contributed by atoms with Crippen LogP contribution in [0.1, 0.15) is 19.1 Å². The molecule has 0 radical (unpaired) electrons. The molecule has 11 heteroatoms. The van der Waals surface area contributed by atoms with Crippen molar-refractivity contribution in [3.8, 4) is 0 Å². The van der Waals surface area contributed by atoms with E-state index in [1.807, 2.05) is 0 Å². The number of carbonyl (C=O) groups is 1. The van der Waals surface area contributed by atoms with Gasteiger partial charge in [0.2, 0.25) is 5.91 Å². The Bertz CT molecular complexity index is 418. The van der Waals surface area contributed by atoms with Crippen molar-refractivity contribution in [2.24, 2.45) is 0 Å². The Balaban J connectivity index is 0.00000289. The summed E-state index contributed by atoms with van der Waals surface area (Å²) in [4.78, 5) is 29.0. The van der Waals surface area contributed by atoms with E-state index in [1.54, 1.807) is 0 Å². The van der Waals surface area contributed by atoms with Gasteiger partial charge in [-0.25, -0.2) is 9.75 Å². The minimum Gasteiger partial charge on any atom is -0.344 e. The molecule has 0 saturated heterocycles. The SMILES string of the molecule is CC(=O)N(O)CCC(n1ccnn1)P(=O)(O)O.N. The van der Waals surface area contributed by atoms with E-state index in [9.17, 15) is 9.36 Å². The molecule has 0 saturated carbocycles. The first-order valence-corrected chi connectivity index (χ1v) is 6.38. The van der Waals surface area contributed by atoms with E-state index in [4.69, 9.17) is 15.0 Å². The number of carbonyl (C=O) groups excluding carboxylic acids is 1. The van der Waals surface area contributed by atoms with E-state index in [0.717, 1.165) is 11.6 Å². The maximum atomic E-state index is 11.2. The highest BCUT2D eigenvalue weighted by atomic mass is 31.2. The first kappa shape index (κ1) is 16.7. The topological polar surface area (TPSA) is 164 Å². The Kier molecular flexibility index (Phi) is 6.09. The fourth-order valence-corrected chi connectivity index (χ4v) is 2.11. The number of hydrogen-bond donors (Lipinski definition) is 4. The molecule has 1 aromatic heterocycles. The number of aromatic nitrogens is 3. The second-order valence-corrected chi connectivity index (χ2v) is 5.16. The predicted molar refractivity (Wildman–Crippen MR) is 59.9 cm³/mol. The Hall–Kier alpha value is -1.32. The molecule has 18 heavy (non-hydrogen) atoms. The molecule has 1 heterocycles. The minimum absolute atomic E-state index is 0. The molecule has 0 aliphatic heterocycles. The molecule has 0 aliphatic rings. The van der Waals surface area contributed by atoms with Gasteiger partial charge < -0.3 is 15.9 Å². The third-order valence-electron chi connectivity index (χ3n) is 2.10. The van der Waals surface area contributed by atoms with Crippen molar-refractivity contribution >= 4 is 13.5 Å². The first-order valence-electron chi connectivity index (χ1n) is 4.70. The summed E-state index contributed by atoms with van der Waals surface area (Å²) in [5.74, 6) is -1.85. The normalized spacial score (nSPS) is 12.7. The highest BCUT2D eigenvalue weighted by molar-refractivity contribution is 7.51. The average Bonchev–Trinajstić information content (AvgIpc) is 2.68. The lowest BCUT2D eigenvalue weighted by Crippen LogP contribution is -2.28. The zero-order valence-electron chi connectivity index (χ0n) is 9.75. The summed E-state index contributed by atoms with van der Waals surface area (Å²) < 4.78 is 12.2. The van der Waals surface area contributed by atoms with Gasteiger partial charge in [0.15, 0.2) is 5.78 Å². The fourth-order valence-electron chi connectivity index (χ4n) is 1.23. The van der Waals surface area contributed by atoms with Gasteiger partial charge in [-0.1, -0.05) is 5.21 Å². The monoisotopic (exact) mass is 281 g/mol. The van der Waals surface area contributed by atoms with Crippen LogP contribution in [-0.4, -0.2) is 47.5 Å². The molecule has 0 aliphatic carbocycles. The van der Waals surface area contributed by atoms with E-state index >= 15 is 0 Å². The van der Waals surface area contributed by atoms with E-state index in [0.29, 0.717) is 5.06 Å². The summed E-state index contributed by atoms with van der Waals surface area (Å²) in [6.45, 7) is 0.937.